The first-order valence-electron chi connectivity index (χ1n) is 7.57. The Morgan fingerprint density at radius 3 is 2.54 bits per heavy atom. The van der Waals surface area contributed by atoms with Crippen molar-refractivity contribution in [3.05, 3.63) is 58.9 Å². The quantitative estimate of drug-likeness (QED) is 0.851. The van der Waals surface area contributed by atoms with E-state index in [0.717, 1.165) is 16.9 Å². The molecule has 0 spiro atoms. The Morgan fingerprint density at radius 1 is 1.25 bits per heavy atom. The molecule has 2 aromatic rings. The lowest BCUT2D eigenvalue weighted by molar-refractivity contribution is 0.0696. The van der Waals surface area contributed by atoms with E-state index in [4.69, 9.17) is 9.84 Å². The number of aromatic carboxylic acids is 1. The Labute approximate surface area is 140 Å². The molecule has 2 N–H and O–H groups in total. The molecule has 0 saturated carbocycles. The molecule has 1 heterocycles. The summed E-state index contributed by atoms with van der Waals surface area (Å²) < 4.78 is 5.80. The van der Waals surface area contributed by atoms with Gasteiger partial charge in [-0.25, -0.2) is 4.79 Å². The lowest BCUT2D eigenvalue weighted by Crippen LogP contribution is -2.37. The van der Waals surface area contributed by atoms with Gasteiger partial charge in [-0.1, -0.05) is 18.2 Å². The molecule has 6 nitrogen and oxygen atoms in total. The topological polar surface area (TPSA) is 88.5 Å². The number of hydrogen-bond donors (Lipinski definition) is 2. The molecule has 0 aliphatic heterocycles. The third-order valence-electron chi connectivity index (χ3n) is 3.50. The summed E-state index contributed by atoms with van der Waals surface area (Å²) in [4.78, 5) is 27.0. The molecule has 1 amide bonds. The van der Waals surface area contributed by atoms with Crippen LogP contribution in [0.3, 0.4) is 0 Å². The molecule has 24 heavy (non-hydrogen) atoms. The summed E-state index contributed by atoms with van der Waals surface area (Å²) >= 11 is 0. The summed E-state index contributed by atoms with van der Waals surface area (Å²) in [7, 11) is 0. The molecule has 0 radical (unpaired) electrons. The van der Waals surface area contributed by atoms with Crippen LogP contribution in [0, 0.1) is 13.8 Å². The predicted octanol–water partition coefficient (Wildman–Crippen LogP) is 2.59. The average Bonchev–Trinajstić information content (AvgIpc) is 2.54. The number of hydrogen-bond acceptors (Lipinski definition) is 4. The summed E-state index contributed by atoms with van der Waals surface area (Å²) in [6, 6.07) is 8.22. The number of carboxylic acids is 1. The number of aromatic nitrogens is 1. The molecule has 0 fully saturated rings. The molecule has 2 rings (SSSR count). The normalized spacial score (nSPS) is 11.6. The number of ether oxygens (including phenoxy) is 1. The van der Waals surface area contributed by atoms with E-state index in [2.05, 4.69) is 10.3 Å². The van der Waals surface area contributed by atoms with E-state index >= 15 is 0 Å². The van der Waals surface area contributed by atoms with Gasteiger partial charge in [-0.3, -0.25) is 9.78 Å². The van der Waals surface area contributed by atoms with Gasteiger partial charge in [-0.05, 0) is 44.0 Å². The van der Waals surface area contributed by atoms with Gasteiger partial charge in [-0.15, -0.1) is 0 Å². The molecule has 0 aliphatic rings. The minimum atomic E-state index is -1.10. The molecule has 126 valence electrons. The van der Waals surface area contributed by atoms with Crippen molar-refractivity contribution in [2.75, 3.05) is 6.61 Å². The molecule has 1 aromatic carbocycles. The number of aryl methyl sites for hydroxylation is 2. The van der Waals surface area contributed by atoms with Gasteiger partial charge in [0.25, 0.3) is 5.91 Å². The van der Waals surface area contributed by atoms with Crippen LogP contribution in [0.1, 0.15) is 38.9 Å². The van der Waals surface area contributed by atoms with Crippen LogP contribution in [0.5, 0.6) is 5.75 Å². The minimum absolute atomic E-state index is 0.0228. The van der Waals surface area contributed by atoms with Gasteiger partial charge >= 0.3 is 5.97 Å². The van der Waals surface area contributed by atoms with Crippen molar-refractivity contribution in [2.24, 2.45) is 0 Å². The molecule has 0 saturated heterocycles. The number of para-hydroxylation sites is 1. The zero-order valence-corrected chi connectivity index (χ0v) is 13.9. The number of pyridine rings is 1. The number of carboxylic acid groups (broad SMARTS) is 1. The maximum atomic E-state index is 12.2. The fraction of sp³-hybridized carbons (Fsp3) is 0.278. The Balaban J connectivity index is 1.97. The maximum Gasteiger partial charge on any atom is 0.335 e. The van der Waals surface area contributed by atoms with Crippen molar-refractivity contribution < 1.29 is 19.4 Å². The van der Waals surface area contributed by atoms with E-state index < -0.39 is 11.9 Å². The minimum Gasteiger partial charge on any atom is -0.491 e. The molecule has 1 aromatic heterocycles. The molecular formula is C18H20N2O4. The van der Waals surface area contributed by atoms with Gasteiger partial charge in [0.05, 0.1) is 11.6 Å². The van der Waals surface area contributed by atoms with Crippen molar-refractivity contribution in [1.29, 1.82) is 0 Å². The highest BCUT2D eigenvalue weighted by atomic mass is 16.5. The fourth-order valence-electron chi connectivity index (χ4n) is 2.26. The molecule has 1 unspecified atom stereocenters. The second-order valence-electron chi connectivity index (χ2n) is 5.64. The van der Waals surface area contributed by atoms with Crippen molar-refractivity contribution >= 4 is 11.9 Å². The maximum absolute atomic E-state index is 12.2. The second-order valence-corrected chi connectivity index (χ2v) is 5.64. The highest BCUT2D eigenvalue weighted by Crippen LogP contribution is 2.22. The summed E-state index contributed by atoms with van der Waals surface area (Å²) in [5.74, 6) is -0.724. The zero-order chi connectivity index (χ0) is 17.7. The number of benzene rings is 1. The Bertz CT molecular complexity index is 738. The molecule has 1 atom stereocenters. The first-order valence-corrected chi connectivity index (χ1v) is 7.57. The van der Waals surface area contributed by atoms with Gasteiger partial charge in [0, 0.05) is 6.20 Å². The number of carbonyl (C=O) groups is 2. The number of nitrogens with zero attached hydrogens (tertiary/aromatic N) is 1. The number of amides is 1. The van der Waals surface area contributed by atoms with Gasteiger partial charge in [0.1, 0.15) is 18.1 Å². The van der Waals surface area contributed by atoms with Gasteiger partial charge in [0.2, 0.25) is 0 Å². The highest BCUT2D eigenvalue weighted by molar-refractivity contribution is 5.95. The third-order valence-corrected chi connectivity index (χ3v) is 3.50. The number of carbonyl (C=O) groups excluding carboxylic acids is 1. The van der Waals surface area contributed by atoms with Crippen molar-refractivity contribution in [1.82, 2.24) is 10.3 Å². The van der Waals surface area contributed by atoms with Crippen LogP contribution < -0.4 is 10.1 Å². The van der Waals surface area contributed by atoms with E-state index in [1.807, 2.05) is 39.0 Å². The third kappa shape index (κ3) is 4.32. The monoisotopic (exact) mass is 328 g/mol. The van der Waals surface area contributed by atoms with Gasteiger partial charge in [-0.2, -0.15) is 0 Å². The Hall–Kier alpha value is -2.89. The van der Waals surface area contributed by atoms with Crippen LogP contribution in [-0.4, -0.2) is 34.6 Å². The Morgan fingerprint density at radius 2 is 1.92 bits per heavy atom. The van der Waals surface area contributed by atoms with E-state index in [0.29, 0.717) is 6.61 Å². The summed E-state index contributed by atoms with van der Waals surface area (Å²) in [5.41, 5.74) is 2.15. The van der Waals surface area contributed by atoms with E-state index in [9.17, 15) is 9.59 Å². The largest absolute Gasteiger partial charge is 0.491 e. The van der Waals surface area contributed by atoms with E-state index in [-0.39, 0.29) is 17.3 Å². The van der Waals surface area contributed by atoms with Crippen LogP contribution in [0.2, 0.25) is 0 Å². The summed E-state index contributed by atoms with van der Waals surface area (Å²) in [5, 5.41) is 11.7. The fourth-order valence-corrected chi connectivity index (χ4v) is 2.26. The first-order chi connectivity index (χ1) is 11.4. The van der Waals surface area contributed by atoms with Gasteiger partial charge in [0.15, 0.2) is 0 Å². The van der Waals surface area contributed by atoms with Crippen LogP contribution in [-0.2, 0) is 0 Å². The van der Waals surface area contributed by atoms with Gasteiger partial charge < -0.3 is 15.2 Å². The molecular weight excluding hydrogens is 308 g/mol. The van der Waals surface area contributed by atoms with E-state index in [1.165, 1.54) is 18.3 Å². The summed E-state index contributed by atoms with van der Waals surface area (Å²) in [6.45, 7) is 6.04. The highest BCUT2D eigenvalue weighted by Gasteiger charge is 2.14. The lowest BCUT2D eigenvalue weighted by atomic mass is 10.1. The molecule has 6 heteroatoms. The van der Waals surface area contributed by atoms with Crippen LogP contribution >= 0.6 is 0 Å². The van der Waals surface area contributed by atoms with Crippen molar-refractivity contribution in [3.8, 4) is 5.75 Å². The van der Waals surface area contributed by atoms with E-state index in [1.54, 1.807) is 0 Å². The second kappa shape index (κ2) is 7.59. The number of nitrogens with one attached hydrogen (secondary N) is 1. The summed E-state index contributed by atoms with van der Waals surface area (Å²) in [6.07, 6.45) is 1.30. The van der Waals surface area contributed by atoms with Crippen LogP contribution in [0.4, 0.5) is 0 Å². The predicted molar refractivity (Wildman–Crippen MR) is 89.5 cm³/mol. The number of rotatable bonds is 6. The first kappa shape index (κ1) is 17.5. The van der Waals surface area contributed by atoms with Crippen molar-refractivity contribution in [2.45, 2.75) is 26.8 Å². The van der Waals surface area contributed by atoms with Crippen LogP contribution in [0.25, 0.3) is 0 Å². The zero-order valence-electron chi connectivity index (χ0n) is 13.9. The molecule has 0 aliphatic carbocycles. The average molecular weight is 328 g/mol. The molecule has 0 bridgehead atoms. The SMILES string of the molecule is Cc1cccc(C)c1OCC(C)NC(=O)c1cc(C(=O)O)ccn1. The lowest BCUT2D eigenvalue weighted by Gasteiger charge is -2.17. The van der Waals surface area contributed by atoms with Crippen molar-refractivity contribution in [3.63, 3.8) is 0 Å². The smallest absolute Gasteiger partial charge is 0.335 e. The standard InChI is InChI=1S/C18H20N2O4/c1-11-5-4-6-12(2)16(11)24-10-13(3)20-17(21)15-9-14(18(22)23)7-8-19-15/h4-9,13H,10H2,1-3H3,(H,20,21)(H,22,23). The Kier molecular flexibility index (Phi) is 5.52. The van der Waals surface area contributed by atoms with Crippen LogP contribution in [0.15, 0.2) is 36.5 Å².